The fourth-order valence-electron chi connectivity index (χ4n) is 2.17. The Morgan fingerprint density at radius 1 is 1.20 bits per heavy atom. The number of fused-ring (bicyclic) bond motifs is 1. The van der Waals surface area contributed by atoms with Crippen LogP contribution < -0.4 is 0 Å². The van der Waals surface area contributed by atoms with E-state index >= 15 is 0 Å². The van der Waals surface area contributed by atoms with Gasteiger partial charge in [-0.05, 0) is 36.4 Å². The Bertz CT molecular complexity index is 784. The molecule has 3 rings (SSSR count). The smallest absolute Gasteiger partial charge is 0.164 e. The van der Waals surface area contributed by atoms with Crippen molar-refractivity contribution in [3.05, 3.63) is 54.0 Å². The Hall–Kier alpha value is -2.38. The van der Waals surface area contributed by atoms with Gasteiger partial charge in [0.05, 0.1) is 11.6 Å². The molecule has 0 atom stereocenters. The molecule has 0 radical (unpaired) electrons. The molecule has 0 unspecified atom stereocenters. The van der Waals surface area contributed by atoms with Crippen molar-refractivity contribution in [1.82, 2.24) is 14.5 Å². The Morgan fingerprint density at radius 2 is 2.00 bits per heavy atom. The van der Waals surface area contributed by atoms with E-state index in [0.717, 1.165) is 22.7 Å². The molecule has 0 N–H and O–H groups in total. The van der Waals surface area contributed by atoms with Gasteiger partial charge in [0, 0.05) is 24.2 Å². The summed E-state index contributed by atoms with van der Waals surface area (Å²) in [4.78, 5) is 8.97. The number of imidazole rings is 1. The first-order valence-electron chi connectivity index (χ1n) is 6.22. The third-order valence-corrected chi connectivity index (χ3v) is 3.25. The number of benzene rings is 1. The normalized spacial score (nSPS) is 10.6. The highest BCUT2D eigenvalue weighted by Crippen LogP contribution is 2.20. The molecule has 0 saturated heterocycles. The van der Waals surface area contributed by atoms with Crippen molar-refractivity contribution in [2.75, 3.05) is 5.88 Å². The van der Waals surface area contributed by atoms with Gasteiger partial charge in [-0.15, -0.1) is 11.6 Å². The minimum absolute atomic E-state index is 0.500. The summed E-state index contributed by atoms with van der Waals surface area (Å²) in [6.07, 6.45) is 2.41. The van der Waals surface area contributed by atoms with E-state index in [0.29, 0.717) is 17.9 Å². The van der Waals surface area contributed by atoms with Crippen LogP contribution in [-0.4, -0.2) is 20.4 Å². The second-order valence-corrected chi connectivity index (χ2v) is 4.69. The lowest BCUT2D eigenvalue weighted by molar-refractivity contribution is 0.905. The van der Waals surface area contributed by atoms with Gasteiger partial charge in [-0.1, -0.05) is 0 Å². The third kappa shape index (κ3) is 2.13. The molecule has 0 aliphatic carbocycles. The lowest BCUT2D eigenvalue weighted by atomic mass is 10.2. The van der Waals surface area contributed by atoms with E-state index in [2.05, 4.69) is 16.0 Å². The van der Waals surface area contributed by atoms with Crippen molar-refractivity contribution < 1.29 is 0 Å². The average Bonchev–Trinajstić information content (AvgIpc) is 2.86. The summed E-state index contributed by atoms with van der Waals surface area (Å²) < 4.78 is 1.98. The van der Waals surface area contributed by atoms with Gasteiger partial charge in [0.25, 0.3) is 0 Å². The van der Waals surface area contributed by atoms with Crippen LogP contribution in [0.25, 0.3) is 16.9 Å². The second kappa shape index (κ2) is 5.32. The summed E-state index contributed by atoms with van der Waals surface area (Å²) in [5.41, 5.74) is 3.21. The van der Waals surface area contributed by atoms with E-state index in [1.807, 2.05) is 28.8 Å². The third-order valence-electron chi connectivity index (χ3n) is 3.06. The molecule has 2 aromatic heterocycles. The number of nitrogens with zero attached hydrogens (tertiary/aromatic N) is 4. The molecular formula is C15H11ClN4. The molecule has 3 aromatic rings. The molecule has 0 saturated carbocycles. The number of pyridine rings is 1. The van der Waals surface area contributed by atoms with Crippen molar-refractivity contribution in [2.45, 2.75) is 6.42 Å². The zero-order chi connectivity index (χ0) is 13.9. The summed E-state index contributed by atoms with van der Waals surface area (Å²) in [5, 5.41) is 8.87. The van der Waals surface area contributed by atoms with Gasteiger partial charge in [-0.25, -0.2) is 9.97 Å². The second-order valence-electron chi connectivity index (χ2n) is 4.31. The number of hydrogen-bond donors (Lipinski definition) is 0. The Morgan fingerprint density at radius 3 is 2.70 bits per heavy atom. The first-order chi connectivity index (χ1) is 9.83. The van der Waals surface area contributed by atoms with Crippen LogP contribution in [0, 0.1) is 11.3 Å². The number of hydrogen-bond acceptors (Lipinski definition) is 3. The van der Waals surface area contributed by atoms with Crippen LogP contribution in [-0.2, 0) is 6.42 Å². The molecule has 0 bridgehead atoms. The number of aryl methyl sites for hydroxylation is 1. The van der Waals surface area contributed by atoms with Gasteiger partial charge in [0.15, 0.2) is 5.65 Å². The highest BCUT2D eigenvalue weighted by atomic mass is 35.5. The van der Waals surface area contributed by atoms with Gasteiger partial charge in [-0.2, -0.15) is 5.26 Å². The highest BCUT2D eigenvalue weighted by molar-refractivity contribution is 6.17. The highest BCUT2D eigenvalue weighted by Gasteiger charge is 2.12. The fourth-order valence-corrected chi connectivity index (χ4v) is 2.34. The van der Waals surface area contributed by atoms with Crippen molar-refractivity contribution in [1.29, 1.82) is 5.26 Å². The number of halogens is 1. The summed E-state index contributed by atoms with van der Waals surface area (Å²) in [6.45, 7) is 0. The van der Waals surface area contributed by atoms with E-state index in [1.165, 1.54) is 0 Å². The lowest BCUT2D eigenvalue weighted by Crippen LogP contribution is -2.02. The summed E-state index contributed by atoms with van der Waals surface area (Å²) >= 11 is 5.85. The average molecular weight is 283 g/mol. The summed E-state index contributed by atoms with van der Waals surface area (Å²) in [7, 11) is 0. The first kappa shape index (κ1) is 12.6. The van der Waals surface area contributed by atoms with Crippen LogP contribution >= 0.6 is 11.6 Å². The SMILES string of the molecule is N#Cc1ccc(-n2c(CCCl)nc3cccnc32)cc1. The van der Waals surface area contributed by atoms with Crippen LogP contribution in [0.5, 0.6) is 0 Å². The van der Waals surface area contributed by atoms with E-state index in [9.17, 15) is 0 Å². The van der Waals surface area contributed by atoms with Gasteiger partial charge >= 0.3 is 0 Å². The minimum atomic E-state index is 0.500. The topological polar surface area (TPSA) is 54.5 Å². The zero-order valence-electron chi connectivity index (χ0n) is 10.6. The number of alkyl halides is 1. The maximum atomic E-state index is 8.87. The summed E-state index contributed by atoms with van der Waals surface area (Å²) in [5.74, 6) is 1.37. The van der Waals surface area contributed by atoms with Gasteiger partial charge in [0.2, 0.25) is 0 Å². The van der Waals surface area contributed by atoms with Crippen LogP contribution in [0.4, 0.5) is 0 Å². The molecule has 0 fully saturated rings. The number of nitriles is 1. The molecule has 0 amide bonds. The molecule has 98 valence electrons. The van der Waals surface area contributed by atoms with Crippen molar-refractivity contribution in [2.24, 2.45) is 0 Å². The maximum absolute atomic E-state index is 8.87. The van der Waals surface area contributed by atoms with E-state index < -0.39 is 0 Å². The predicted octanol–water partition coefficient (Wildman–Crippen LogP) is 3.07. The van der Waals surface area contributed by atoms with E-state index in [4.69, 9.17) is 16.9 Å². The zero-order valence-corrected chi connectivity index (χ0v) is 11.4. The monoisotopic (exact) mass is 282 g/mol. The Kier molecular flexibility index (Phi) is 3.36. The van der Waals surface area contributed by atoms with Crippen LogP contribution in [0.15, 0.2) is 42.6 Å². The molecule has 0 spiro atoms. The molecule has 20 heavy (non-hydrogen) atoms. The molecule has 0 aliphatic heterocycles. The van der Waals surface area contributed by atoms with Crippen LogP contribution in [0.2, 0.25) is 0 Å². The van der Waals surface area contributed by atoms with Gasteiger partial charge < -0.3 is 0 Å². The molecule has 1 aromatic carbocycles. The molecule has 0 aliphatic rings. The van der Waals surface area contributed by atoms with Crippen LogP contribution in [0.3, 0.4) is 0 Å². The number of aromatic nitrogens is 3. The fraction of sp³-hybridized carbons (Fsp3) is 0.133. The molecule has 2 heterocycles. The molecule has 5 heteroatoms. The first-order valence-corrected chi connectivity index (χ1v) is 6.76. The lowest BCUT2D eigenvalue weighted by Gasteiger charge is -2.07. The Balaban J connectivity index is 2.21. The molecule has 4 nitrogen and oxygen atoms in total. The van der Waals surface area contributed by atoms with E-state index in [1.54, 1.807) is 18.3 Å². The molecular weight excluding hydrogens is 272 g/mol. The van der Waals surface area contributed by atoms with Crippen molar-refractivity contribution in [3.63, 3.8) is 0 Å². The van der Waals surface area contributed by atoms with Crippen molar-refractivity contribution in [3.8, 4) is 11.8 Å². The quantitative estimate of drug-likeness (QED) is 0.694. The van der Waals surface area contributed by atoms with Gasteiger partial charge in [0.1, 0.15) is 11.3 Å². The maximum Gasteiger partial charge on any atom is 0.164 e. The van der Waals surface area contributed by atoms with Crippen LogP contribution in [0.1, 0.15) is 11.4 Å². The van der Waals surface area contributed by atoms with Crippen molar-refractivity contribution >= 4 is 22.8 Å². The minimum Gasteiger partial charge on any atom is -0.281 e. The Labute approximate surface area is 121 Å². The standard InChI is InChI=1S/C15H11ClN4/c16-8-7-14-19-13-2-1-9-18-15(13)20(14)12-5-3-11(10-17)4-6-12/h1-6,9H,7-8H2. The van der Waals surface area contributed by atoms with E-state index in [-0.39, 0.29) is 0 Å². The number of rotatable bonds is 3. The summed E-state index contributed by atoms with van der Waals surface area (Å²) in [6, 6.07) is 13.3. The largest absolute Gasteiger partial charge is 0.281 e. The predicted molar refractivity (Wildman–Crippen MR) is 78.0 cm³/mol. The van der Waals surface area contributed by atoms with Gasteiger partial charge in [-0.3, -0.25) is 4.57 Å².